The molecule has 0 aliphatic heterocycles. The van der Waals surface area contributed by atoms with Gasteiger partial charge in [-0.3, -0.25) is 4.79 Å². The molecule has 0 saturated heterocycles. The number of unbranched alkanes of at least 4 members (excludes halogenated alkanes) is 7. The molecule has 1 rings (SSSR count). The Labute approximate surface area is 148 Å². The molecule has 1 aromatic carbocycles. The van der Waals surface area contributed by atoms with Gasteiger partial charge in [-0.1, -0.05) is 64.0 Å². The van der Waals surface area contributed by atoms with E-state index in [0.29, 0.717) is 17.9 Å². The van der Waals surface area contributed by atoms with Gasteiger partial charge in [0.05, 0.1) is 6.61 Å². The van der Waals surface area contributed by atoms with Crippen molar-refractivity contribution < 1.29 is 22.7 Å². The van der Waals surface area contributed by atoms with Crippen molar-refractivity contribution in [3.8, 4) is 5.75 Å². The van der Waals surface area contributed by atoms with Crippen LogP contribution in [0.15, 0.2) is 24.3 Å². The minimum Gasteiger partial charge on any atom is -0.494 e. The highest BCUT2D eigenvalue weighted by molar-refractivity contribution is 5.84. The van der Waals surface area contributed by atoms with Crippen LogP contribution in [-0.2, 0) is 11.2 Å². The average Bonchev–Trinajstić information content (AvgIpc) is 2.58. The van der Waals surface area contributed by atoms with Crippen LogP contribution in [-0.4, -0.2) is 18.6 Å². The molecular weight excluding hydrogens is 329 g/mol. The highest BCUT2D eigenvalue weighted by Crippen LogP contribution is 2.20. The van der Waals surface area contributed by atoms with Crippen LogP contribution in [0.1, 0.15) is 70.3 Å². The molecule has 0 spiro atoms. The second-order valence-corrected chi connectivity index (χ2v) is 6.39. The summed E-state index contributed by atoms with van der Waals surface area (Å²) in [5.74, 6) is -0.962. The second-order valence-electron chi connectivity index (χ2n) is 6.39. The Morgan fingerprint density at radius 1 is 0.920 bits per heavy atom. The van der Waals surface area contributed by atoms with E-state index < -0.39 is 18.4 Å². The molecule has 0 bridgehead atoms. The predicted octanol–water partition coefficient (Wildman–Crippen LogP) is 6.27. The van der Waals surface area contributed by atoms with Gasteiger partial charge in [-0.05, 0) is 30.5 Å². The van der Waals surface area contributed by atoms with Gasteiger partial charge < -0.3 is 4.74 Å². The Kier molecular flexibility index (Phi) is 10.3. The highest BCUT2D eigenvalue weighted by atomic mass is 19.4. The number of carbonyl (C=O) groups is 1. The molecule has 1 aromatic rings. The molecule has 0 heterocycles. The summed E-state index contributed by atoms with van der Waals surface area (Å²) in [5.41, 5.74) is 0.706. The zero-order chi connectivity index (χ0) is 18.5. The van der Waals surface area contributed by atoms with Crippen molar-refractivity contribution >= 4 is 5.78 Å². The Hall–Kier alpha value is -1.52. The molecule has 0 aliphatic carbocycles. The first-order valence-electron chi connectivity index (χ1n) is 9.25. The summed E-state index contributed by atoms with van der Waals surface area (Å²) in [6.45, 7) is 2.87. The molecule has 0 aromatic heterocycles. The van der Waals surface area contributed by atoms with Gasteiger partial charge in [0.2, 0.25) is 5.78 Å². The van der Waals surface area contributed by atoms with Gasteiger partial charge in [-0.2, -0.15) is 13.2 Å². The van der Waals surface area contributed by atoms with Gasteiger partial charge in [0.25, 0.3) is 0 Å². The monoisotopic (exact) mass is 358 g/mol. The second kappa shape index (κ2) is 11.9. The van der Waals surface area contributed by atoms with E-state index in [4.69, 9.17) is 4.74 Å². The number of ketones is 1. The standard InChI is InChI=1S/C20H29F3O2/c1-2-3-4-5-6-7-8-9-16-25-18-13-10-17(11-14-18)12-15-19(24)20(21,22)23/h10-11,13-14H,2-9,12,15-16H2,1H3. The Balaban J connectivity index is 2.13. The van der Waals surface area contributed by atoms with E-state index in [-0.39, 0.29) is 6.42 Å². The number of alkyl halides is 3. The van der Waals surface area contributed by atoms with Gasteiger partial charge >= 0.3 is 6.18 Å². The number of Topliss-reactive ketones (excluding diaryl/α,β-unsaturated/α-hetero) is 1. The van der Waals surface area contributed by atoms with Crippen LogP contribution in [0.3, 0.4) is 0 Å². The van der Waals surface area contributed by atoms with Gasteiger partial charge in [-0.25, -0.2) is 0 Å². The molecule has 5 heteroatoms. The van der Waals surface area contributed by atoms with Crippen LogP contribution in [0.2, 0.25) is 0 Å². The molecule has 0 radical (unpaired) electrons. The van der Waals surface area contributed by atoms with Crippen LogP contribution < -0.4 is 4.74 Å². The summed E-state index contributed by atoms with van der Waals surface area (Å²) in [6.07, 6.45) is 4.76. The van der Waals surface area contributed by atoms with E-state index in [0.717, 1.165) is 12.8 Å². The Bertz CT molecular complexity index is 481. The van der Waals surface area contributed by atoms with Crippen molar-refractivity contribution in [2.24, 2.45) is 0 Å². The van der Waals surface area contributed by atoms with Crippen molar-refractivity contribution in [1.29, 1.82) is 0 Å². The number of benzene rings is 1. The third-order valence-corrected chi connectivity index (χ3v) is 4.15. The fraction of sp³-hybridized carbons (Fsp3) is 0.650. The summed E-state index contributed by atoms with van der Waals surface area (Å²) < 4.78 is 42.1. The maximum absolute atomic E-state index is 12.2. The van der Waals surface area contributed by atoms with E-state index in [1.54, 1.807) is 24.3 Å². The lowest BCUT2D eigenvalue weighted by atomic mass is 10.1. The summed E-state index contributed by atoms with van der Waals surface area (Å²) in [6, 6.07) is 6.93. The van der Waals surface area contributed by atoms with Crippen molar-refractivity contribution in [2.75, 3.05) is 6.61 Å². The maximum atomic E-state index is 12.2. The fourth-order valence-electron chi connectivity index (χ4n) is 2.58. The van der Waals surface area contributed by atoms with E-state index in [2.05, 4.69) is 6.92 Å². The van der Waals surface area contributed by atoms with Crippen molar-refractivity contribution in [3.63, 3.8) is 0 Å². The van der Waals surface area contributed by atoms with Crippen LogP contribution in [0.25, 0.3) is 0 Å². The predicted molar refractivity (Wildman–Crippen MR) is 93.9 cm³/mol. The number of carbonyl (C=O) groups excluding carboxylic acids is 1. The summed E-state index contributed by atoms with van der Waals surface area (Å²) >= 11 is 0. The number of ether oxygens (including phenoxy) is 1. The number of halogens is 3. The lowest BCUT2D eigenvalue weighted by molar-refractivity contribution is -0.171. The minimum absolute atomic E-state index is 0.0939. The Morgan fingerprint density at radius 3 is 2.04 bits per heavy atom. The molecule has 0 unspecified atom stereocenters. The maximum Gasteiger partial charge on any atom is 0.449 e. The van der Waals surface area contributed by atoms with Crippen LogP contribution >= 0.6 is 0 Å². The largest absolute Gasteiger partial charge is 0.494 e. The molecule has 0 aliphatic rings. The van der Waals surface area contributed by atoms with Gasteiger partial charge in [-0.15, -0.1) is 0 Å². The molecule has 142 valence electrons. The van der Waals surface area contributed by atoms with Crippen molar-refractivity contribution in [3.05, 3.63) is 29.8 Å². The van der Waals surface area contributed by atoms with E-state index in [1.807, 2.05) is 0 Å². The quantitative estimate of drug-likeness (QED) is 0.388. The minimum atomic E-state index is -4.74. The van der Waals surface area contributed by atoms with E-state index in [9.17, 15) is 18.0 Å². The average molecular weight is 358 g/mol. The van der Waals surface area contributed by atoms with Crippen molar-refractivity contribution in [1.82, 2.24) is 0 Å². The normalized spacial score (nSPS) is 11.5. The molecule has 0 N–H and O–H groups in total. The van der Waals surface area contributed by atoms with Gasteiger partial charge in [0.1, 0.15) is 5.75 Å². The molecule has 0 atom stereocenters. The molecule has 25 heavy (non-hydrogen) atoms. The lowest BCUT2D eigenvalue weighted by Crippen LogP contribution is -2.22. The first kappa shape index (κ1) is 21.5. The SMILES string of the molecule is CCCCCCCCCCOc1ccc(CCC(=O)C(F)(F)F)cc1. The number of aryl methyl sites for hydroxylation is 1. The van der Waals surface area contributed by atoms with Gasteiger partial charge in [0, 0.05) is 6.42 Å². The third kappa shape index (κ3) is 10.1. The molecular formula is C20H29F3O2. The molecule has 0 saturated carbocycles. The zero-order valence-corrected chi connectivity index (χ0v) is 15.0. The molecule has 0 amide bonds. The third-order valence-electron chi connectivity index (χ3n) is 4.15. The molecule has 0 fully saturated rings. The van der Waals surface area contributed by atoms with E-state index in [1.165, 1.54) is 38.5 Å². The first-order valence-corrected chi connectivity index (χ1v) is 9.25. The highest BCUT2D eigenvalue weighted by Gasteiger charge is 2.37. The number of hydrogen-bond acceptors (Lipinski definition) is 2. The zero-order valence-electron chi connectivity index (χ0n) is 15.0. The fourth-order valence-corrected chi connectivity index (χ4v) is 2.58. The van der Waals surface area contributed by atoms with Gasteiger partial charge in [0.15, 0.2) is 0 Å². The summed E-state index contributed by atoms with van der Waals surface area (Å²) in [4.78, 5) is 10.9. The van der Waals surface area contributed by atoms with Crippen LogP contribution in [0.5, 0.6) is 5.75 Å². The Morgan fingerprint density at radius 2 is 1.48 bits per heavy atom. The summed E-state index contributed by atoms with van der Waals surface area (Å²) in [5, 5.41) is 0. The lowest BCUT2D eigenvalue weighted by Gasteiger charge is -2.08. The van der Waals surface area contributed by atoms with E-state index >= 15 is 0 Å². The topological polar surface area (TPSA) is 26.3 Å². The van der Waals surface area contributed by atoms with Crippen LogP contribution in [0.4, 0.5) is 13.2 Å². The smallest absolute Gasteiger partial charge is 0.449 e. The molecule has 2 nitrogen and oxygen atoms in total. The number of hydrogen-bond donors (Lipinski definition) is 0. The van der Waals surface area contributed by atoms with Crippen LogP contribution in [0, 0.1) is 0 Å². The summed E-state index contributed by atoms with van der Waals surface area (Å²) in [7, 11) is 0. The van der Waals surface area contributed by atoms with Crippen molar-refractivity contribution in [2.45, 2.75) is 77.3 Å². The first-order chi connectivity index (χ1) is 11.9. The number of rotatable bonds is 13.